The molecule has 5 rings (SSSR count). The lowest BCUT2D eigenvalue weighted by atomic mass is 9.94. The number of hydrogen-bond acceptors (Lipinski definition) is 7. The van der Waals surface area contributed by atoms with Gasteiger partial charge in [0.1, 0.15) is 29.0 Å². The Balaban J connectivity index is 1.31. The quantitative estimate of drug-likeness (QED) is 0.264. The van der Waals surface area contributed by atoms with Crippen LogP contribution in [0.25, 0.3) is 16.7 Å². The number of aromatic nitrogens is 5. The highest BCUT2D eigenvalue weighted by atomic mass is 35.5. The van der Waals surface area contributed by atoms with Crippen molar-refractivity contribution in [3.8, 4) is 11.5 Å². The summed E-state index contributed by atoms with van der Waals surface area (Å²) < 4.78 is 9.83. The van der Waals surface area contributed by atoms with Crippen molar-refractivity contribution in [3.63, 3.8) is 0 Å². The van der Waals surface area contributed by atoms with E-state index in [0.29, 0.717) is 35.4 Å². The molecular weight excluding hydrogens is 494 g/mol. The highest BCUT2D eigenvalue weighted by Gasteiger charge is 2.26. The summed E-state index contributed by atoms with van der Waals surface area (Å²) in [5, 5.41) is 16.0. The Morgan fingerprint density at radius 3 is 2.78 bits per heavy atom. The minimum absolute atomic E-state index is 0.206. The first-order valence-electron chi connectivity index (χ1n) is 11.7. The topological polar surface area (TPSA) is 119 Å². The van der Waals surface area contributed by atoms with Crippen molar-refractivity contribution in [2.75, 3.05) is 18.5 Å². The van der Waals surface area contributed by atoms with Crippen molar-refractivity contribution >= 4 is 45.7 Å². The molecule has 5 aromatic rings. The molecule has 11 heteroatoms. The van der Waals surface area contributed by atoms with Gasteiger partial charge in [-0.15, -0.1) is 0 Å². The van der Waals surface area contributed by atoms with E-state index in [1.807, 2.05) is 51.8 Å². The van der Waals surface area contributed by atoms with Gasteiger partial charge in [-0.3, -0.25) is 4.79 Å². The van der Waals surface area contributed by atoms with E-state index in [9.17, 15) is 9.90 Å². The number of fused-ring (bicyclic) bond motifs is 2. The third-order valence-electron chi connectivity index (χ3n) is 5.99. The molecule has 0 radical (unpaired) electrons. The molecule has 3 N–H and O–H groups in total. The second-order valence-electron chi connectivity index (χ2n) is 9.19. The van der Waals surface area contributed by atoms with Gasteiger partial charge in [0.2, 0.25) is 5.91 Å². The van der Waals surface area contributed by atoms with Gasteiger partial charge in [-0.2, -0.15) is 0 Å². The number of imidazole rings is 1. The van der Waals surface area contributed by atoms with Gasteiger partial charge >= 0.3 is 0 Å². The average molecular weight is 520 g/mol. The van der Waals surface area contributed by atoms with Gasteiger partial charge in [0.25, 0.3) is 0 Å². The Hall–Kier alpha value is -4.15. The first-order chi connectivity index (χ1) is 17.8. The molecule has 4 aromatic heterocycles. The number of carbonyl (C=O) groups is 1. The van der Waals surface area contributed by atoms with Crippen molar-refractivity contribution in [1.82, 2.24) is 29.2 Å². The maximum atomic E-state index is 12.3. The van der Waals surface area contributed by atoms with Crippen molar-refractivity contribution in [2.24, 2.45) is 5.41 Å². The van der Waals surface area contributed by atoms with Crippen LogP contribution < -0.4 is 15.4 Å². The number of aliphatic hydroxyl groups is 1. The van der Waals surface area contributed by atoms with E-state index >= 15 is 0 Å². The molecule has 0 saturated carbocycles. The van der Waals surface area contributed by atoms with Crippen LogP contribution in [-0.2, 0) is 11.3 Å². The third kappa shape index (κ3) is 5.20. The summed E-state index contributed by atoms with van der Waals surface area (Å²) in [6, 6.07) is 11.0. The number of hydrogen-bond donors (Lipinski definition) is 3. The molecule has 10 nitrogen and oxygen atoms in total. The van der Waals surface area contributed by atoms with Crippen LogP contribution >= 0.6 is 11.6 Å². The van der Waals surface area contributed by atoms with Crippen LogP contribution in [0, 0.1) is 5.41 Å². The number of pyridine rings is 1. The molecule has 0 unspecified atom stereocenters. The van der Waals surface area contributed by atoms with Crippen LogP contribution in [0.3, 0.4) is 0 Å². The first kappa shape index (κ1) is 24.5. The Labute approximate surface area is 217 Å². The molecule has 190 valence electrons. The summed E-state index contributed by atoms with van der Waals surface area (Å²) in [4.78, 5) is 25.3. The van der Waals surface area contributed by atoms with Crippen molar-refractivity contribution in [1.29, 1.82) is 0 Å². The van der Waals surface area contributed by atoms with Crippen molar-refractivity contribution in [2.45, 2.75) is 20.4 Å². The Bertz CT molecular complexity index is 1580. The van der Waals surface area contributed by atoms with Crippen LogP contribution in [0.1, 0.15) is 13.8 Å². The minimum Gasteiger partial charge on any atom is -0.456 e. The molecule has 1 amide bonds. The SMILES string of the molecule is CC(C)(CO)C(=O)NCCn1ccc2ncnc(Nc3ccc(Oc4ccn5ccnc5c4)c(Cl)c3)c21. The normalized spacial score (nSPS) is 11.7. The molecule has 0 atom stereocenters. The first-order valence-corrected chi connectivity index (χ1v) is 12.1. The number of halogens is 1. The van der Waals surface area contributed by atoms with Gasteiger partial charge in [-0.25, -0.2) is 15.0 Å². The Morgan fingerprint density at radius 2 is 1.97 bits per heavy atom. The van der Waals surface area contributed by atoms with Gasteiger partial charge in [0, 0.05) is 49.6 Å². The van der Waals surface area contributed by atoms with E-state index < -0.39 is 5.41 Å². The average Bonchev–Trinajstić information content (AvgIpc) is 3.53. The second-order valence-corrected chi connectivity index (χ2v) is 9.60. The largest absolute Gasteiger partial charge is 0.456 e. The smallest absolute Gasteiger partial charge is 0.228 e. The fraction of sp³-hybridized carbons (Fsp3) is 0.231. The van der Waals surface area contributed by atoms with Crippen LogP contribution in [0.4, 0.5) is 11.5 Å². The lowest BCUT2D eigenvalue weighted by molar-refractivity contribution is -0.131. The number of ether oxygens (including phenoxy) is 1. The molecule has 37 heavy (non-hydrogen) atoms. The maximum absolute atomic E-state index is 12.3. The maximum Gasteiger partial charge on any atom is 0.228 e. The van der Waals surface area contributed by atoms with Crippen molar-refractivity contribution in [3.05, 3.63) is 72.5 Å². The summed E-state index contributed by atoms with van der Waals surface area (Å²) >= 11 is 6.54. The standard InChI is InChI=1S/C26H26ClN7O3/c1-26(2,15-35)25(36)29-8-12-34-10-6-20-23(34)24(31-16-30-20)32-17-3-4-21(19(27)13-17)37-18-5-9-33-11-7-28-22(33)14-18/h3-7,9-11,13-14,16,35H,8,12,15H2,1-2H3,(H,29,36)(H,30,31,32). The molecule has 0 fully saturated rings. The summed E-state index contributed by atoms with van der Waals surface area (Å²) in [5.41, 5.74) is 2.23. The number of amides is 1. The second kappa shape index (κ2) is 10.1. The zero-order valence-corrected chi connectivity index (χ0v) is 21.1. The third-order valence-corrected chi connectivity index (χ3v) is 6.29. The van der Waals surface area contributed by atoms with Gasteiger partial charge in [0.15, 0.2) is 5.82 Å². The van der Waals surface area contributed by atoms with E-state index in [-0.39, 0.29) is 12.5 Å². The van der Waals surface area contributed by atoms with Gasteiger partial charge in [0.05, 0.1) is 22.6 Å². The minimum atomic E-state index is -0.838. The summed E-state index contributed by atoms with van der Waals surface area (Å²) in [6.45, 7) is 4.07. The van der Waals surface area contributed by atoms with Gasteiger partial charge in [-0.05, 0) is 44.2 Å². The molecule has 0 aliphatic carbocycles. The van der Waals surface area contributed by atoms with E-state index in [2.05, 4.69) is 25.6 Å². The Kier molecular flexibility index (Phi) is 6.68. The molecule has 1 aromatic carbocycles. The predicted molar refractivity (Wildman–Crippen MR) is 141 cm³/mol. The lowest BCUT2D eigenvalue weighted by Gasteiger charge is -2.20. The molecule has 0 saturated heterocycles. The van der Waals surface area contributed by atoms with Gasteiger partial charge in [-0.1, -0.05) is 11.6 Å². The lowest BCUT2D eigenvalue weighted by Crippen LogP contribution is -2.40. The van der Waals surface area contributed by atoms with E-state index in [1.54, 1.807) is 32.2 Å². The molecule has 4 heterocycles. The predicted octanol–water partition coefficient (Wildman–Crippen LogP) is 4.40. The molecular formula is C26H26ClN7O3. The summed E-state index contributed by atoms with van der Waals surface area (Å²) in [7, 11) is 0. The number of benzene rings is 1. The number of rotatable bonds is 9. The monoisotopic (exact) mass is 519 g/mol. The molecule has 0 bridgehead atoms. The van der Waals surface area contributed by atoms with E-state index in [4.69, 9.17) is 16.3 Å². The molecule has 0 aliphatic rings. The van der Waals surface area contributed by atoms with Crippen LogP contribution in [0.5, 0.6) is 11.5 Å². The van der Waals surface area contributed by atoms with Gasteiger partial charge < -0.3 is 29.4 Å². The Morgan fingerprint density at radius 1 is 1.11 bits per heavy atom. The van der Waals surface area contributed by atoms with Crippen LogP contribution in [0.2, 0.25) is 5.02 Å². The number of nitrogens with zero attached hydrogens (tertiary/aromatic N) is 5. The zero-order chi connectivity index (χ0) is 26.0. The number of anilines is 2. The number of carbonyl (C=O) groups excluding carboxylic acids is 1. The summed E-state index contributed by atoms with van der Waals surface area (Å²) in [6.07, 6.45) is 8.85. The zero-order valence-electron chi connectivity index (χ0n) is 20.3. The van der Waals surface area contributed by atoms with E-state index in [0.717, 1.165) is 22.4 Å². The summed E-state index contributed by atoms with van der Waals surface area (Å²) in [5.74, 6) is 1.54. The molecule has 0 aliphatic heterocycles. The highest BCUT2D eigenvalue weighted by molar-refractivity contribution is 6.32. The number of nitrogens with one attached hydrogen (secondary N) is 2. The van der Waals surface area contributed by atoms with Crippen LogP contribution in [0.15, 0.2) is 67.5 Å². The van der Waals surface area contributed by atoms with E-state index in [1.165, 1.54) is 6.33 Å². The fourth-order valence-electron chi connectivity index (χ4n) is 3.79. The van der Waals surface area contributed by atoms with Crippen molar-refractivity contribution < 1.29 is 14.6 Å². The fourth-order valence-corrected chi connectivity index (χ4v) is 4.01. The molecule has 0 spiro atoms. The number of aliphatic hydroxyl groups excluding tert-OH is 1. The van der Waals surface area contributed by atoms with Crippen LogP contribution in [-0.4, -0.2) is 48.1 Å². The highest BCUT2D eigenvalue weighted by Crippen LogP contribution is 2.33.